The van der Waals surface area contributed by atoms with E-state index in [1.54, 1.807) is 11.8 Å². The van der Waals surface area contributed by atoms with Crippen molar-refractivity contribution in [3.05, 3.63) is 45.2 Å². The fourth-order valence-corrected chi connectivity index (χ4v) is 5.30. The average molecular weight is 384 g/mol. The quantitative estimate of drug-likeness (QED) is 0.885. The standard InChI is InChI=1S/C21H25N3O2S/c25-20-18-13-27-10-5-16(18)17-11-15(3-4-19(17)22-20)21(26)24-8-6-23(7-9-24)12-14-1-2-14/h3-4,11,14H,1-2,5-10,12-13H2,(H,22,25). The summed E-state index contributed by atoms with van der Waals surface area (Å²) in [6.45, 7) is 4.79. The summed E-state index contributed by atoms with van der Waals surface area (Å²) in [5.41, 5.74) is 3.63. The van der Waals surface area contributed by atoms with Crippen LogP contribution >= 0.6 is 11.8 Å². The van der Waals surface area contributed by atoms with Crippen molar-refractivity contribution in [2.45, 2.75) is 25.0 Å². The third-order valence-corrected chi connectivity index (χ3v) is 7.08. The molecule has 0 bridgehead atoms. The second-order valence-electron chi connectivity index (χ2n) is 8.01. The molecule has 0 atom stereocenters. The van der Waals surface area contributed by atoms with Gasteiger partial charge in [-0.25, -0.2) is 0 Å². The number of carbonyl (C=O) groups excluding carboxylic acids is 1. The maximum atomic E-state index is 13.1. The van der Waals surface area contributed by atoms with E-state index in [0.717, 1.165) is 77.6 Å². The molecular weight excluding hydrogens is 358 g/mol. The Kier molecular flexibility index (Phi) is 4.48. The molecule has 0 unspecified atom stereocenters. The van der Waals surface area contributed by atoms with Crippen molar-refractivity contribution in [2.75, 3.05) is 38.5 Å². The topological polar surface area (TPSA) is 56.4 Å². The van der Waals surface area contributed by atoms with Crippen LogP contribution in [0, 0.1) is 5.92 Å². The second-order valence-corrected chi connectivity index (χ2v) is 9.12. The molecule has 1 saturated heterocycles. The molecule has 5 nitrogen and oxygen atoms in total. The minimum absolute atomic E-state index is 0.0237. The van der Waals surface area contributed by atoms with Crippen molar-refractivity contribution < 1.29 is 4.79 Å². The van der Waals surface area contributed by atoms with Gasteiger partial charge in [-0.1, -0.05) is 0 Å². The zero-order valence-corrected chi connectivity index (χ0v) is 16.3. The Morgan fingerprint density at radius 3 is 2.74 bits per heavy atom. The molecule has 142 valence electrons. The molecule has 2 aromatic rings. The van der Waals surface area contributed by atoms with Crippen LogP contribution in [0.3, 0.4) is 0 Å². The summed E-state index contributed by atoms with van der Waals surface area (Å²) in [6, 6.07) is 5.76. The third kappa shape index (κ3) is 3.41. The Morgan fingerprint density at radius 1 is 1.15 bits per heavy atom. The summed E-state index contributed by atoms with van der Waals surface area (Å²) in [4.78, 5) is 32.8. The van der Waals surface area contributed by atoms with Crippen LogP contribution in [0.1, 0.15) is 34.3 Å². The number of nitrogens with zero attached hydrogens (tertiary/aromatic N) is 2. The number of amides is 1. The summed E-state index contributed by atoms with van der Waals surface area (Å²) in [7, 11) is 0. The molecule has 2 fully saturated rings. The molecular formula is C21H25N3O2S. The number of aromatic nitrogens is 1. The van der Waals surface area contributed by atoms with E-state index >= 15 is 0 Å². The molecule has 1 saturated carbocycles. The number of aryl methyl sites for hydroxylation is 1. The van der Waals surface area contributed by atoms with Gasteiger partial charge < -0.3 is 9.88 Å². The number of benzene rings is 1. The lowest BCUT2D eigenvalue weighted by molar-refractivity contribution is 0.0632. The van der Waals surface area contributed by atoms with Gasteiger partial charge in [0.1, 0.15) is 0 Å². The lowest BCUT2D eigenvalue weighted by Crippen LogP contribution is -2.49. The summed E-state index contributed by atoms with van der Waals surface area (Å²) >= 11 is 1.80. The molecule has 5 rings (SSSR count). The highest BCUT2D eigenvalue weighted by molar-refractivity contribution is 7.98. The minimum atomic E-state index is 0.0237. The van der Waals surface area contributed by atoms with E-state index < -0.39 is 0 Å². The summed E-state index contributed by atoms with van der Waals surface area (Å²) in [5, 5.41) is 1.04. The first-order valence-corrected chi connectivity index (χ1v) is 11.1. The van der Waals surface area contributed by atoms with Crippen LogP contribution < -0.4 is 5.56 Å². The Labute approximate surface area is 163 Å². The summed E-state index contributed by atoms with van der Waals surface area (Å²) in [6.07, 6.45) is 3.65. The number of H-pyrrole nitrogens is 1. The minimum Gasteiger partial charge on any atom is -0.336 e. The maximum absolute atomic E-state index is 13.1. The van der Waals surface area contributed by atoms with Crippen LogP contribution in [0.25, 0.3) is 10.9 Å². The second kappa shape index (κ2) is 6.99. The van der Waals surface area contributed by atoms with Gasteiger partial charge in [-0.05, 0) is 54.7 Å². The number of aromatic amines is 1. The third-order valence-electron chi connectivity index (χ3n) is 6.09. The molecule has 1 aromatic carbocycles. The first kappa shape index (κ1) is 17.3. The zero-order chi connectivity index (χ0) is 18.4. The number of hydrogen-bond acceptors (Lipinski definition) is 4. The summed E-state index contributed by atoms with van der Waals surface area (Å²) < 4.78 is 0. The summed E-state index contributed by atoms with van der Waals surface area (Å²) in [5.74, 6) is 2.82. The van der Waals surface area contributed by atoms with Gasteiger partial charge in [-0.2, -0.15) is 11.8 Å². The average Bonchev–Trinajstić information content (AvgIpc) is 3.52. The van der Waals surface area contributed by atoms with E-state index in [9.17, 15) is 9.59 Å². The fourth-order valence-electron chi connectivity index (χ4n) is 4.30. The van der Waals surface area contributed by atoms with Crippen molar-refractivity contribution >= 4 is 28.6 Å². The van der Waals surface area contributed by atoms with Crippen molar-refractivity contribution in [3.63, 3.8) is 0 Å². The van der Waals surface area contributed by atoms with Gasteiger partial charge >= 0.3 is 0 Å². The van der Waals surface area contributed by atoms with E-state index in [2.05, 4.69) is 9.88 Å². The molecule has 1 amide bonds. The molecule has 1 aliphatic carbocycles. The zero-order valence-electron chi connectivity index (χ0n) is 15.5. The van der Waals surface area contributed by atoms with Gasteiger partial charge in [0.15, 0.2) is 0 Å². The smallest absolute Gasteiger partial charge is 0.253 e. The van der Waals surface area contributed by atoms with E-state index in [0.29, 0.717) is 0 Å². The number of piperazine rings is 1. The number of carbonyl (C=O) groups is 1. The van der Waals surface area contributed by atoms with Crippen LogP contribution in [0.5, 0.6) is 0 Å². The largest absolute Gasteiger partial charge is 0.336 e. The SMILES string of the molecule is O=C(c1ccc2[nH]c(=O)c3c(c2c1)CCSC3)N1CCN(CC2CC2)CC1. The first-order chi connectivity index (χ1) is 13.2. The molecule has 27 heavy (non-hydrogen) atoms. The molecule has 1 aromatic heterocycles. The van der Waals surface area contributed by atoms with Crippen LogP contribution in [0.4, 0.5) is 0 Å². The number of fused-ring (bicyclic) bond motifs is 3. The van der Waals surface area contributed by atoms with Crippen molar-refractivity contribution in [2.24, 2.45) is 5.92 Å². The highest BCUT2D eigenvalue weighted by Gasteiger charge is 2.28. The normalized spacial score (nSPS) is 20.7. The van der Waals surface area contributed by atoms with E-state index in [4.69, 9.17) is 0 Å². The van der Waals surface area contributed by atoms with Gasteiger partial charge in [0.2, 0.25) is 0 Å². The van der Waals surface area contributed by atoms with Gasteiger partial charge in [0.25, 0.3) is 11.5 Å². The molecule has 6 heteroatoms. The van der Waals surface area contributed by atoms with Gasteiger partial charge in [-0.3, -0.25) is 14.5 Å². The Morgan fingerprint density at radius 2 is 1.96 bits per heavy atom. The number of thioether (sulfide) groups is 1. The van der Waals surface area contributed by atoms with Crippen LogP contribution in [0.15, 0.2) is 23.0 Å². The van der Waals surface area contributed by atoms with Crippen molar-refractivity contribution in [1.29, 1.82) is 0 Å². The fraction of sp³-hybridized carbons (Fsp3) is 0.524. The number of rotatable bonds is 3. The number of pyridine rings is 1. The van der Waals surface area contributed by atoms with Gasteiger partial charge in [0.05, 0.1) is 0 Å². The molecule has 0 spiro atoms. The van der Waals surface area contributed by atoms with Gasteiger partial charge in [-0.15, -0.1) is 0 Å². The monoisotopic (exact) mass is 383 g/mol. The molecule has 2 aliphatic heterocycles. The predicted molar refractivity (Wildman–Crippen MR) is 110 cm³/mol. The lowest BCUT2D eigenvalue weighted by atomic mass is 9.99. The number of hydrogen-bond donors (Lipinski definition) is 1. The number of nitrogens with one attached hydrogen (secondary N) is 1. The van der Waals surface area contributed by atoms with Crippen LogP contribution in [-0.2, 0) is 12.2 Å². The predicted octanol–water partition coefficient (Wildman–Crippen LogP) is 2.49. The lowest BCUT2D eigenvalue weighted by Gasteiger charge is -2.34. The van der Waals surface area contributed by atoms with Crippen molar-refractivity contribution in [1.82, 2.24) is 14.8 Å². The molecule has 1 N–H and O–H groups in total. The molecule has 3 heterocycles. The molecule has 3 aliphatic rings. The highest BCUT2D eigenvalue weighted by Crippen LogP contribution is 2.30. The van der Waals surface area contributed by atoms with E-state index in [-0.39, 0.29) is 11.5 Å². The van der Waals surface area contributed by atoms with Gasteiger partial charge in [0, 0.05) is 60.5 Å². The Hall–Kier alpha value is -1.79. The highest BCUT2D eigenvalue weighted by atomic mass is 32.2. The van der Waals surface area contributed by atoms with E-state index in [1.165, 1.54) is 19.4 Å². The maximum Gasteiger partial charge on any atom is 0.253 e. The van der Waals surface area contributed by atoms with Crippen molar-refractivity contribution in [3.8, 4) is 0 Å². The first-order valence-electron chi connectivity index (χ1n) is 9.96. The van der Waals surface area contributed by atoms with E-state index in [1.807, 2.05) is 23.1 Å². The van der Waals surface area contributed by atoms with Crippen LogP contribution in [0.2, 0.25) is 0 Å². The Bertz CT molecular complexity index is 942. The Balaban J connectivity index is 1.39. The molecule has 0 radical (unpaired) electrons. The van der Waals surface area contributed by atoms with Crippen LogP contribution in [-0.4, -0.2) is 59.2 Å².